The standard InChI is InChI=1S/C18H25N5O2/c1-13(16(24)22-18(2,3)4)20-17(25)21-15-8-5-7-14(11-15)12-23-10-6-9-19-23/h5-11,13H,12H2,1-4H3,(H,22,24)(H2,20,21,25)/t13-/m0/s1. The van der Waals surface area contributed by atoms with Gasteiger partial charge in [0.05, 0.1) is 6.54 Å². The van der Waals surface area contributed by atoms with E-state index in [2.05, 4.69) is 21.0 Å². The number of amides is 3. The van der Waals surface area contributed by atoms with E-state index < -0.39 is 12.1 Å². The zero-order valence-corrected chi connectivity index (χ0v) is 15.0. The molecule has 0 bridgehead atoms. The number of anilines is 1. The summed E-state index contributed by atoms with van der Waals surface area (Å²) in [5.41, 5.74) is 1.33. The first-order chi connectivity index (χ1) is 11.7. The van der Waals surface area contributed by atoms with Crippen molar-refractivity contribution in [3.05, 3.63) is 48.3 Å². The Hall–Kier alpha value is -2.83. The molecule has 2 rings (SSSR count). The van der Waals surface area contributed by atoms with E-state index in [0.29, 0.717) is 12.2 Å². The number of carbonyl (C=O) groups excluding carboxylic acids is 2. The fourth-order valence-corrected chi connectivity index (χ4v) is 2.24. The van der Waals surface area contributed by atoms with Crippen molar-refractivity contribution in [3.8, 4) is 0 Å². The number of hydrogen-bond donors (Lipinski definition) is 3. The second-order valence-electron chi connectivity index (χ2n) is 6.96. The van der Waals surface area contributed by atoms with Gasteiger partial charge in [-0.15, -0.1) is 0 Å². The number of aromatic nitrogens is 2. The molecule has 1 atom stereocenters. The lowest BCUT2D eigenvalue weighted by atomic mass is 10.1. The summed E-state index contributed by atoms with van der Waals surface area (Å²) in [6.07, 6.45) is 3.60. The molecular weight excluding hydrogens is 318 g/mol. The van der Waals surface area contributed by atoms with Crippen molar-refractivity contribution < 1.29 is 9.59 Å². The van der Waals surface area contributed by atoms with Gasteiger partial charge < -0.3 is 16.0 Å². The van der Waals surface area contributed by atoms with Gasteiger partial charge in [0.1, 0.15) is 6.04 Å². The van der Waals surface area contributed by atoms with Crippen molar-refractivity contribution in [2.24, 2.45) is 0 Å². The third-order valence-electron chi connectivity index (χ3n) is 3.33. The number of carbonyl (C=O) groups is 2. The Bertz CT molecular complexity index is 719. The Morgan fingerprint density at radius 2 is 2.00 bits per heavy atom. The van der Waals surface area contributed by atoms with Crippen LogP contribution in [0.3, 0.4) is 0 Å². The molecule has 1 aromatic heterocycles. The Balaban J connectivity index is 1.91. The van der Waals surface area contributed by atoms with Gasteiger partial charge in [-0.25, -0.2) is 4.79 Å². The van der Waals surface area contributed by atoms with E-state index in [1.54, 1.807) is 23.9 Å². The van der Waals surface area contributed by atoms with E-state index >= 15 is 0 Å². The van der Waals surface area contributed by atoms with Gasteiger partial charge in [0.2, 0.25) is 5.91 Å². The minimum Gasteiger partial charge on any atom is -0.350 e. The molecule has 0 saturated heterocycles. The predicted octanol–water partition coefficient (Wildman–Crippen LogP) is 2.36. The minimum absolute atomic E-state index is 0.227. The highest BCUT2D eigenvalue weighted by Gasteiger charge is 2.20. The van der Waals surface area contributed by atoms with Crippen LogP contribution in [0.2, 0.25) is 0 Å². The number of rotatable bonds is 5. The summed E-state index contributed by atoms with van der Waals surface area (Å²) < 4.78 is 1.80. The van der Waals surface area contributed by atoms with E-state index in [9.17, 15) is 9.59 Å². The first-order valence-electron chi connectivity index (χ1n) is 8.19. The van der Waals surface area contributed by atoms with Crippen LogP contribution >= 0.6 is 0 Å². The summed E-state index contributed by atoms with van der Waals surface area (Å²) in [6.45, 7) is 7.94. The molecular formula is C18H25N5O2. The predicted molar refractivity (Wildman–Crippen MR) is 97.3 cm³/mol. The van der Waals surface area contributed by atoms with Crippen molar-refractivity contribution in [1.82, 2.24) is 20.4 Å². The number of urea groups is 1. The highest BCUT2D eigenvalue weighted by Crippen LogP contribution is 2.11. The normalized spacial score (nSPS) is 12.3. The molecule has 1 heterocycles. The van der Waals surface area contributed by atoms with Crippen LogP contribution in [0.25, 0.3) is 0 Å². The lowest BCUT2D eigenvalue weighted by Gasteiger charge is -2.23. The second kappa shape index (κ2) is 7.83. The summed E-state index contributed by atoms with van der Waals surface area (Å²) in [4.78, 5) is 24.1. The summed E-state index contributed by atoms with van der Waals surface area (Å²) in [5, 5.41) is 12.4. The Morgan fingerprint density at radius 1 is 1.24 bits per heavy atom. The second-order valence-corrected chi connectivity index (χ2v) is 6.96. The monoisotopic (exact) mass is 343 g/mol. The maximum absolute atomic E-state index is 12.1. The highest BCUT2D eigenvalue weighted by molar-refractivity contribution is 5.93. The van der Waals surface area contributed by atoms with Crippen molar-refractivity contribution in [1.29, 1.82) is 0 Å². The molecule has 0 fully saturated rings. The van der Waals surface area contributed by atoms with Crippen LogP contribution in [-0.2, 0) is 11.3 Å². The molecule has 0 saturated carbocycles. The topological polar surface area (TPSA) is 88.1 Å². The lowest BCUT2D eigenvalue weighted by Crippen LogP contribution is -2.51. The maximum Gasteiger partial charge on any atom is 0.319 e. The van der Waals surface area contributed by atoms with Crippen LogP contribution < -0.4 is 16.0 Å². The van der Waals surface area contributed by atoms with Gasteiger partial charge in [-0.2, -0.15) is 5.10 Å². The Kier molecular flexibility index (Phi) is 5.80. The van der Waals surface area contributed by atoms with Gasteiger partial charge in [-0.05, 0) is 51.5 Å². The van der Waals surface area contributed by atoms with Gasteiger partial charge >= 0.3 is 6.03 Å². The molecule has 2 aromatic rings. The number of nitrogens with one attached hydrogen (secondary N) is 3. The Labute approximate surface area is 147 Å². The zero-order valence-electron chi connectivity index (χ0n) is 15.0. The summed E-state index contributed by atoms with van der Waals surface area (Å²) in [6, 6.07) is 8.31. The number of nitrogens with zero attached hydrogens (tertiary/aromatic N) is 2. The highest BCUT2D eigenvalue weighted by atomic mass is 16.2. The number of benzene rings is 1. The first kappa shape index (κ1) is 18.5. The summed E-state index contributed by atoms with van der Waals surface area (Å²) >= 11 is 0. The average Bonchev–Trinajstić information content (AvgIpc) is 2.98. The average molecular weight is 343 g/mol. The molecule has 25 heavy (non-hydrogen) atoms. The van der Waals surface area contributed by atoms with Gasteiger partial charge in [0, 0.05) is 23.6 Å². The Morgan fingerprint density at radius 3 is 2.64 bits per heavy atom. The maximum atomic E-state index is 12.1. The van der Waals surface area contributed by atoms with Crippen LogP contribution in [0.4, 0.5) is 10.5 Å². The van der Waals surface area contributed by atoms with Crippen LogP contribution in [-0.4, -0.2) is 33.3 Å². The summed E-state index contributed by atoms with van der Waals surface area (Å²) in [7, 11) is 0. The van der Waals surface area contributed by atoms with E-state index in [4.69, 9.17) is 0 Å². The third-order valence-corrected chi connectivity index (χ3v) is 3.33. The van der Waals surface area contributed by atoms with E-state index in [1.807, 2.05) is 51.2 Å². The molecule has 0 unspecified atom stereocenters. The molecule has 0 spiro atoms. The fraction of sp³-hybridized carbons (Fsp3) is 0.389. The SMILES string of the molecule is C[C@H](NC(=O)Nc1cccc(Cn2cccn2)c1)C(=O)NC(C)(C)C. The van der Waals surface area contributed by atoms with E-state index in [1.165, 1.54) is 0 Å². The van der Waals surface area contributed by atoms with Crippen molar-refractivity contribution >= 4 is 17.6 Å². The van der Waals surface area contributed by atoms with E-state index in [0.717, 1.165) is 5.56 Å². The van der Waals surface area contributed by atoms with Crippen LogP contribution in [0.5, 0.6) is 0 Å². The van der Waals surface area contributed by atoms with Crippen molar-refractivity contribution in [2.45, 2.75) is 45.8 Å². The first-order valence-corrected chi connectivity index (χ1v) is 8.19. The molecule has 1 aromatic carbocycles. The molecule has 134 valence electrons. The van der Waals surface area contributed by atoms with Crippen molar-refractivity contribution in [2.75, 3.05) is 5.32 Å². The molecule has 7 heteroatoms. The zero-order chi connectivity index (χ0) is 18.4. The molecule has 7 nitrogen and oxygen atoms in total. The third kappa shape index (κ3) is 6.29. The van der Waals surface area contributed by atoms with Gasteiger partial charge in [0.15, 0.2) is 0 Å². The van der Waals surface area contributed by atoms with Crippen molar-refractivity contribution in [3.63, 3.8) is 0 Å². The molecule has 0 radical (unpaired) electrons. The molecule has 0 aliphatic heterocycles. The quantitative estimate of drug-likeness (QED) is 0.779. The van der Waals surface area contributed by atoms with Crippen LogP contribution in [0.1, 0.15) is 33.3 Å². The summed E-state index contributed by atoms with van der Waals surface area (Å²) in [5.74, 6) is -0.227. The van der Waals surface area contributed by atoms with E-state index in [-0.39, 0.29) is 11.4 Å². The molecule has 3 amide bonds. The molecule has 3 N–H and O–H groups in total. The minimum atomic E-state index is -0.633. The molecule has 0 aliphatic rings. The smallest absolute Gasteiger partial charge is 0.319 e. The number of hydrogen-bond acceptors (Lipinski definition) is 3. The van der Waals surface area contributed by atoms with Crippen LogP contribution in [0.15, 0.2) is 42.7 Å². The van der Waals surface area contributed by atoms with Gasteiger partial charge in [-0.1, -0.05) is 12.1 Å². The molecule has 0 aliphatic carbocycles. The fourth-order valence-electron chi connectivity index (χ4n) is 2.24. The largest absolute Gasteiger partial charge is 0.350 e. The van der Waals surface area contributed by atoms with Gasteiger partial charge in [0.25, 0.3) is 0 Å². The van der Waals surface area contributed by atoms with Crippen LogP contribution in [0, 0.1) is 0 Å². The van der Waals surface area contributed by atoms with Gasteiger partial charge in [-0.3, -0.25) is 9.48 Å². The lowest BCUT2D eigenvalue weighted by molar-refractivity contribution is -0.123.